The van der Waals surface area contributed by atoms with Gasteiger partial charge in [-0.15, -0.1) is 12.1 Å². The lowest BCUT2D eigenvalue weighted by atomic mass is 9.81. The molecule has 0 aliphatic heterocycles. The van der Waals surface area contributed by atoms with Crippen molar-refractivity contribution in [3.63, 3.8) is 0 Å². The van der Waals surface area contributed by atoms with Crippen LogP contribution in [0.1, 0.15) is 5.56 Å². The Morgan fingerprint density at radius 1 is 1.21 bits per heavy atom. The monoisotopic (exact) mass is 287 g/mol. The zero-order valence-corrected chi connectivity index (χ0v) is 9.28. The minimum atomic E-state index is -5.33. The van der Waals surface area contributed by atoms with Crippen LogP contribution in [-0.4, -0.2) is 13.6 Å². The second-order valence-electron chi connectivity index (χ2n) is 3.66. The van der Waals surface area contributed by atoms with E-state index in [1.165, 1.54) is 0 Å². The summed E-state index contributed by atoms with van der Waals surface area (Å²) < 4.78 is 90.8. The van der Waals surface area contributed by atoms with Crippen LogP contribution in [0.3, 0.4) is 0 Å². The maximum absolute atomic E-state index is 12.9. The van der Waals surface area contributed by atoms with Gasteiger partial charge in [-0.05, 0) is 18.2 Å². The third kappa shape index (κ3) is 4.18. The van der Waals surface area contributed by atoms with Gasteiger partial charge in [-0.25, -0.2) is 4.39 Å². The van der Waals surface area contributed by atoms with E-state index in [1.54, 1.807) is 0 Å². The topological polar surface area (TPSA) is 9.23 Å². The highest BCUT2D eigenvalue weighted by Crippen LogP contribution is 2.33. The van der Waals surface area contributed by atoms with Crippen LogP contribution < -0.4 is 4.74 Å². The van der Waals surface area contributed by atoms with Gasteiger partial charge in [0.1, 0.15) is 11.6 Å². The van der Waals surface area contributed by atoms with E-state index in [9.17, 15) is 30.5 Å². The summed E-state index contributed by atoms with van der Waals surface area (Å²) in [7, 11) is 0. The fourth-order valence-corrected chi connectivity index (χ4v) is 1.08. The fraction of sp³-hybridized carbons (Fsp3) is 0.200. The minimum Gasteiger partial charge on any atom is -0.492 e. The molecular formula is C10H7BF7O-. The van der Waals surface area contributed by atoms with Crippen LogP contribution in [0.4, 0.5) is 30.5 Å². The average Bonchev–Trinajstić information content (AvgIpc) is 2.24. The number of hydrogen-bond acceptors (Lipinski definition) is 1. The molecule has 0 radical (unpaired) electrons. The second kappa shape index (κ2) is 5.14. The van der Waals surface area contributed by atoms with Crippen LogP contribution in [0.25, 0.3) is 0 Å². The molecule has 0 N–H and O–H groups in total. The molecule has 1 aromatic rings. The van der Waals surface area contributed by atoms with Gasteiger partial charge < -0.3 is 17.7 Å². The van der Waals surface area contributed by atoms with Crippen LogP contribution >= 0.6 is 0 Å². The normalized spacial score (nSPS) is 12.4. The molecule has 0 aliphatic rings. The maximum Gasteiger partial charge on any atom is 0.508 e. The molecule has 0 heterocycles. The summed E-state index contributed by atoms with van der Waals surface area (Å²) in [4.78, 5) is 0. The van der Waals surface area contributed by atoms with Crippen LogP contribution in [-0.2, 0) is 6.18 Å². The first-order chi connectivity index (χ1) is 8.51. The molecule has 0 aliphatic carbocycles. The summed E-state index contributed by atoms with van der Waals surface area (Å²) in [5.41, 5.74) is -2.80. The Bertz CT molecular complexity index is 478. The molecule has 1 nitrogen and oxygen atoms in total. The highest BCUT2D eigenvalue weighted by atomic mass is 19.4. The molecule has 0 aromatic heterocycles. The molecule has 0 saturated heterocycles. The van der Waals surface area contributed by atoms with Gasteiger partial charge in [0.25, 0.3) is 0 Å². The van der Waals surface area contributed by atoms with E-state index in [1.807, 2.05) is 0 Å². The molecule has 9 heteroatoms. The van der Waals surface area contributed by atoms with E-state index in [-0.39, 0.29) is 0 Å². The number of alkyl halides is 3. The number of rotatable bonds is 4. The Hall–Kier alpha value is -1.67. The zero-order valence-electron chi connectivity index (χ0n) is 9.28. The number of hydrogen-bond donors (Lipinski definition) is 0. The number of benzene rings is 1. The van der Waals surface area contributed by atoms with Crippen molar-refractivity contribution in [1.29, 1.82) is 0 Å². The maximum atomic E-state index is 12.9. The first-order valence-corrected chi connectivity index (χ1v) is 4.89. The van der Waals surface area contributed by atoms with Crippen molar-refractivity contribution in [2.75, 3.05) is 6.61 Å². The van der Waals surface area contributed by atoms with Crippen LogP contribution in [0, 0.1) is 5.82 Å². The summed E-state index contributed by atoms with van der Waals surface area (Å²) in [5.74, 6) is -2.05. The lowest BCUT2D eigenvalue weighted by molar-refractivity contribution is -0.140. The molecule has 1 rings (SSSR count). The van der Waals surface area contributed by atoms with Crippen LogP contribution in [0.2, 0.25) is 0 Å². The van der Waals surface area contributed by atoms with E-state index in [0.29, 0.717) is 12.1 Å². The van der Waals surface area contributed by atoms with Crippen molar-refractivity contribution >= 4 is 6.98 Å². The fourth-order valence-electron chi connectivity index (χ4n) is 1.08. The Labute approximate surface area is 103 Å². The molecule has 0 amide bonds. The number of halogens is 7. The SMILES string of the molecule is C=C(COc1ccc(F)c(C(F)(F)F)c1)[B-](F)(F)F. The minimum absolute atomic E-state index is 0.298. The van der Waals surface area contributed by atoms with Gasteiger partial charge in [0, 0.05) is 0 Å². The Balaban J connectivity index is 2.85. The summed E-state index contributed by atoms with van der Waals surface area (Å²) in [5, 5.41) is 0. The van der Waals surface area contributed by atoms with Crippen molar-refractivity contribution in [2.45, 2.75) is 6.18 Å². The molecule has 0 bridgehead atoms. The summed E-state index contributed by atoms with van der Waals surface area (Å²) >= 11 is 0. The average molecular weight is 287 g/mol. The molecule has 0 spiro atoms. The Kier molecular flexibility index (Phi) is 4.16. The van der Waals surface area contributed by atoms with Crippen molar-refractivity contribution in [3.05, 3.63) is 41.6 Å². The Morgan fingerprint density at radius 3 is 2.26 bits per heavy atom. The van der Waals surface area contributed by atoms with Gasteiger partial charge in [-0.2, -0.15) is 13.2 Å². The standard InChI is InChI=1S/C10H7BF7O/c1-6(11(16,17)18)5-19-7-2-3-9(12)8(4-7)10(13,14)15/h2-4H,1,5H2/q-1. The van der Waals surface area contributed by atoms with E-state index < -0.39 is 42.4 Å². The lowest BCUT2D eigenvalue weighted by Gasteiger charge is -2.18. The predicted octanol–water partition coefficient (Wildman–Crippen LogP) is 4.17. The zero-order chi connectivity index (χ0) is 14.8. The molecule has 0 unspecified atom stereocenters. The highest BCUT2D eigenvalue weighted by Gasteiger charge is 2.34. The largest absolute Gasteiger partial charge is 0.508 e. The molecule has 1 aromatic carbocycles. The van der Waals surface area contributed by atoms with Crippen LogP contribution in [0.5, 0.6) is 5.75 Å². The molecule has 0 atom stereocenters. The molecule has 19 heavy (non-hydrogen) atoms. The lowest BCUT2D eigenvalue weighted by Crippen LogP contribution is -2.23. The molecular weight excluding hydrogens is 280 g/mol. The smallest absolute Gasteiger partial charge is 0.492 e. The molecule has 0 fully saturated rings. The van der Waals surface area contributed by atoms with Crippen molar-refractivity contribution < 1.29 is 35.2 Å². The molecule has 106 valence electrons. The van der Waals surface area contributed by atoms with Gasteiger partial charge >= 0.3 is 13.2 Å². The van der Waals surface area contributed by atoms with Gasteiger partial charge in [-0.1, -0.05) is 0 Å². The predicted molar refractivity (Wildman–Crippen MR) is 55.1 cm³/mol. The first-order valence-electron chi connectivity index (χ1n) is 4.89. The van der Waals surface area contributed by atoms with Gasteiger partial charge in [-0.3, -0.25) is 0 Å². The van der Waals surface area contributed by atoms with E-state index in [2.05, 4.69) is 11.3 Å². The van der Waals surface area contributed by atoms with Gasteiger partial charge in [0.05, 0.1) is 12.2 Å². The highest BCUT2D eigenvalue weighted by molar-refractivity contribution is 6.66. The first kappa shape index (κ1) is 15.4. The summed E-state index contributed by atoms with van der Waals surface area (Å²) in [6, 6.07) is 1.58. The second-order valence-corrected chi connectivity index (χ2v) is 3.66. The quantitative estimate of drug-likeness (QED) is 0.596. The molecule has 0 saturated carbocycles. The third-order valence-electron chi connectivity index (χ3n) is 2.13. The van der Waals surface area contributed by atoms with Crippen LogP contribution in [0.15, 0.2) is 30.3 Å². The van der Waals surface area contributed by atoms with Gasteiger partial charge in [0.15, 0.2) is 0 Å². The third-order valence-corrected chi connectivity index (χ3v) is 2.13. The van der Waals surface area contributed by atoms with E-state index >= 15 is 0 Å². The van der Waals surface area contributed by atoms with Crippen molar-refractivity contribution in [2.24, 2.45) is 0 Å². The Morgan fingerprint density at radius 2 is 1.79 bits per heavy atom. The van der Waals surface area contributed by atoms with Crippen molar-refractivity contribution in [1.82, 2.24) is 0 Å². The summed E-state index contributed by atoms with van der Waals surface area (Å²) in [6.07, 6.45) is -4.95. The van der Waals surface area contributed by atoms with E-state index in [4.69, 9.17) is 0 Å². The number of ether oxygens (including phenoxy) is 1. The van der Waals surface area contributed by atoms with Crippen molar-refractivity contribution in [3.8, 4) is 5.75 Å². The van der Waals surface area contributed by atoms with Gasteiger partial charge in [0.2, 0.25) is 0 Å². The van der Waals surface area contributed by atoms with E-state index in [0.717, 1.165) is 6.07 Å². The summed E-state index contributed by atoms with van der Waals surface area (Å²) in [6.45, 7) is -3.62.